The van der Waals surface area contributed by atoms with E-state index in [1.54, 1.807) is 0 Å². The zero-order chi connectivity index (χ0) is 23.0. The fourth-order valence-electron chi connectivity index (χ4n) is 3.19. The van der Waals surface area contributed by atoms with E-state index in [9.17, 15) is 24.7 Å². The third kappa shape index (κ3) is 4.49. The van der Waals surface area contributed by atoms with E-state index < -0.39 is 35.6 Å². The van der Waals surface area contributed by atoms with Crippen molar-refractivity contribution in [1.29, 1.82) is 0 Å². The fourth-order valence-corrected chi connectivity index (χ4v) is 5.26. The van der Waals surface area contributed by atoms with E-state index in [4.69, 9.17) is 28.9 Å². The molecule has 1 fully saturated rings. The first-order chi connectivity index (χ1) is 14.6. The highest BCUT2D eigenvalue weighted by Crippen LogP contribution is 2.42. The lowest BCUT2D eigenvalue weighted by atomic mass is 9.86. The number of nitrogen functional groups attached to an aromatic ring is 1. The summed E-state index contributed by atoms with van der Waals surface area (Å²) in [5.74, 6) is -2.82. The van der Waals surface area contributed by atoms with Gasteiger partial charge >= 0.3 is 5.97 Å². The molecule has 0 aromatic carbocycles. The number of fused-ring (bicyclic) bond motifs is 1. The number of thiazole rings is 1. The number of aromatic nitrogens is 1. The number of carboxylic acid groups (broad SMARTS) is 1. The van der Waals surface area contributed by atoms with Crippen LogP contribution in [0.2, 0.25) is 4.34 Å². The monoisotopic (exact) mass is 525 g/mol. The van der Waals surface area contributed by atoms with Crippen LogP contribution in [0.15, 0.2) is 25.2 Å². The summed E-state index contributed by atoms with van der Waals surface area (Å²) in [5.41, 5.74) is 8.42. The maximum atomic E-state index is 12.7. The standard InChI is InChI=1S/C15H14Cl2N6O5S3/c16-9(29)11(18)30-4-2-1-3-5(13(25)23(3)8(4)14(26)27)20-12(24)7(22-28)6-10(17)31-15(19)21-6/h3,5,28-29H,1-2,18H2,(H2,19,21)(H,20,24)(H,26,27)/p+1/b11-9+,22-7-/t3-,5+/m1/s1. The Hall–Kier alpha value is -1.97. The number of hydrogen-bond acceptors (Lipinski definition) is 10. The second-order valence-corrected chi connectivity index (χ2v) is 10.2. The summed E-state index contributed by atoms with van der Waals surface area (Å²) in [6, 6.07) is -1.60. The van der Waals surface area contributed by atoms with Gasteiger partial charge in [0, 0.05) is 4.91 Å². The van der Waals surface area contributed by atoms with Crippen LogP contribution in [0.3, 0.4) is 0 Å². The van der Waals surface area contributed by atoms with Gasteiger partial charge in [-0.3, -0.25) is 14.5 Å². The molecule has 8 N–H and O–H groups in total. The molecule has 1 aromatic heterocycles. The van der Waals surface area contributed by atoms with Gasteiger partial charge < -0.3 is 27.1 Å². The van der Waals surface area contributed by atoms with Crippen LogP contribution in [-0.4, -0.2) is 55.8 Å². The normalized spacial score (nSPS) is 22.0. The highest BCUT2D eigenvalue weighted by molar-refractivity contribution is 8.07. The largest absolute Gasteiger partial charge is 0.477 e. The van der Waals surface area contributed by atoms with Gasteiger partial charge in [0.1, 0.15) is 26.1 Å². The molecule has 1 aromatic rings. The maximum absolute atomic E-state index is 12.7. The Morgan fingerprint density at radius 1 is 1.48 bits per heavy atom. The van der Waals surface area contributed by atoms with Crippen molar-refractivity contribution in [2.24, 2.45) is 5.16 Å². The minimum Gasteiger partial charge on any atom is -0.477 e. The van der Waals surface area contributed by atoms with Crippen molar-refractivity contribution in [2.75, 3.05) is 5.73 Å². The molecule has 1 saturated heterocycles. The molecule has 0 saturated carbocycles. The summed E-state index contributed by atoms with van der Waals surface area (Å²) in [5, 5.41) is 24.7. The average molecular weight is 526 g/mol. The summed E-state index contributed by atoms with van der Waals surface area (Å²) >= 11 is 17.6. The van der Waals surface area contributed by atoms with Crippen molar-refractivity contribution in [3.05, 3.63) is 30.0 Å². The number of amides is 2. The summed E-state index contributed by atoms with van der Waals surface area (Å²) < 4.78 is 0.152. The molecule has 2 aliphatic rings. The van der Waals surface area contributed by atoms with Crippen LogP contribution < -0.4 is 16.8 Å². The number of oxime groups is 1. The Balaban J connectivity index is 1.81. The van der Waals surface area contributed by atoms with Crippen LogP contribution in [0.5, 0.6) is 0 Å². The molecule has 31 heavy (non-hydrogen) atoms. The number of rotatable bonds is 6. The smallest absolute Gasteiger partial charge is 0.353 e. The average Bonchev–Trinajstić information content (AvgIpc) is 3.03. The summed E-state index contributed by atoms with van der Waals surface area (Å²) in [6.45, 7) is 0. The van der Waals surface area contributed by atoms with Crippen molar-refractivity contribution >= 4 is 87.6 Å². The van der Waals surface area contributed by atoms with Crippen LogP contribution in [0.25, 0.3) is 0 Å². The Morgan fingerprint density at radius 3 is 2.68 bits per heavy atom. The van der Waals surface area contributed by atoms with Gasteiger partial charge in [-0.25, -0.2) is 9.78 Å². The molecule has 3 heterocycles. The lowest BCUT2D eigenvalue weighted by Gasteiger charge is -2.49. The van der Waals surface area contributed by atoms with Crippen LogP contribution in [0.4, 0.5) is 5.13 Å². The number of nitrogens with two attached hydrogens (primary N) is 1. The molecule has 166 valence electrons. The van der Waals surface area contributed by atoms with Gasteiger partial charge in [-0.15, -0.1) is 12.6 Å². The third-order valence-electron chi connectivity index (χ3n) is 4.50. The van der Waals surface area contributed by atoms with E-state index >= 15 is 0 Å². The number of quaternary nitrogens is 1. The number of thiol groups is 1. The van der Waals surface area contributed by atoms with Crippen LogP contribution >= 0.6 is 58.9 Å². The zero-order valence-electron chi connectivity index (χ0n) is 15.3. The van der Waals surface area contributed by atoms with Gasteiger partial charge in [-0.1, -0.05) is 39.7 Å². The van der Waals surface area contributed by atoms with E-state index in [1.165, 1.54) is 0 Å². The van der Waals surface area contributed by atoms with Gasteiger partial charge in [0.05, 0.1) is 6.04 Å². The number of nitrogens with zero attached hydrogens (tertiary/aromatic N) is 3. The van der Waals surface area contributed by atoms with Gasteiger partial charge in [0.2, 0.25) is 0 Å². The number of anilines is 1. The lowest BCUT2D eigenvalue weighted by Crippen LogP contribution is -2.72. The van der Waals surface area contributed by atoms with E-state index in [0.717, 1.165) is 28.0 Å². The Bertz CT molecular complexity index is 1070. The molecule has 0 aliphatic carbocycles. The van der Waals surface area contributed by atoms with Gasteiger partial charge in [-0.2, -0.15) is 0 Å². The number of allylic oxidation sites excluding steroid dienone is 1. The number of halogens is 2. The van der Waals surface area contributed by atoms with E-state index in [1.807, 2.05) is 0 Å². The molecule has 11 nitrogen and oxygen atoms in total. The molecule has 3 rings (SSSR count). The van der Waals surface area contributed by atoms with Crippen LogP contribution in [-0.2, 0) is 14.4 Å². The first-order valence-corrected chi connectivity index (χ1v) is 11.2. The topological polar surface area (TPSA) is 186 Å². The predicted molar refractivity (Wildman–Crippen MR) is 119 cm³/mol. The van der Waals surface area contributed by atoms with Crippen LogP contribution in [0.1, 0.15) is 18.5 Å². The molecule has 0 radical (unpaired) electrons. The molecule has 2 amide bonds. The second-order valence-electron chi connectivity index (χ2n) is 6.28. The van der Waals surface area contributed by atoms with Crippen molar-refractivity contribution in [2.45, 2.75) is 24.9 Å². The Morgan fingerprint density at radius 2 is 2.16 bits per heavy atom. The van der Waals surface area contributed by atoms with Gasteiger partial charge in [0.25, 0.3) is 11.8 Å². The van der Waals surface area contributed by atoms with E-state index in [2.05, 4.69) is 33.8 Å². The molecule has 2 aliphatic heterocycles. The first kappa shape index (κ1) is 23.7. The number of carbonyl (C=O) groups excluding carboxylic acids is 2. The molecule has 0 spiro atoms. The molecular weight excluding hydrogens is 511 g/mol. The first-order valence-electron chi connectivity index (χ1n) is 8.39. The second kappa shape index (κ2) is 9.26. The minimum absolute atomic E-state index is 0.0392. The zero-order valence-corrected chi connectivity index (χ0v) is 19.4. The van der Waals surface area contributed by atoms with E-state index in [-0.39, 0.29) is 25.2 Å². The van der Waals surface area contributed by atoms with Gasteiger partial charge in [0.15, 0.2) is 15.9 Å². The molecule has 2 atom stereocenters. The van der Waals surface area contributed by atoms with Crippen molar-refractivity contribution in [3.63, 3.8) is 0 Å². The summed E-state index contributed by atoms with van der Waals surface area (Å²) in [7, 11) is 0. The number of aliphatic carboxylic acids is 1. The highest BCUT2D eigenvalue weighted by atomic mass is 35.5. The highest BCUT2D eigenvalue weighted by Gasteiger charge is 2.54. The third-order valence-corrected chi connectivity index (χ3v) is 7.44. The number of thioether (sulfide) groups is 1. The van der Waals surface area contributed by atoms with Crippen LogP contribution in [0, 0.1) is 0 Å². The number of carboxylic acids is 1. The molecule has 16 heteroatoms. The SMILES string of the molecule is Nc1nc(/C(=N/O)C(=O)N[C@@H]2C(=O)N3C(C(=O)O)=C(S/C([NH3+])=C(/S)Cl)CC[C@H]23)c(Cl)s1. The van der Waals surface area contributed by atoms with Crippen molar-refractivity contribution in [3.8, 4) is 0 Å². The number of hydrogen-bond donors (Lipinski definition) is 6. The summed E-state index contributed by atoms with van der Waals surface area (Å²) in [4.78, 5) is 42.5. The van der Waals surface area contributed by atoms with Gasteiger partial charge in [-0.05, 0) is 24.6 Å². The maximum Gasteiger partial charge on any atom is 0.353 e. The van der Waals surface area contributed by atoms with Crippen molar-refractivity contribution in [1.82, 2.24) is 15.2 Å². The Labute approximate surface area is 198 Å². The Kier molecular flexibility index (Phi) is 7.08. The fraction of sp³-hybridized carbons (Fsp3) is 0.267. The molecule has 0 unspecified atom stereocenters. The number of nitrogens with one attached hydrogen (secondary N) is 1. The van der Waals surface area contributed by atoms with E-state index in [0.29, 0.717) is 22.8 Å². The molecular formula is C15H15Cl2N6O5S3+. The molecule has 0 bridgehead atoms. The number of β-lactam (4-membered cyclic amide) rings is 1. The predicted octanol–water partition coefficient (Wildman–Crippen LogP) is 0.613. The number of carbonyl (C=O) groups is 3. The quantitative estimate of drug-likeness (QED) is 0.102. The summed E-state index contributed by atoms with van der Waals surface area (Å²) in [6.07, 6.45) is 0.697. The minimum atomic E-state index is -1.30. The lowest BCUT2D eigenvalue weighted by molar-refractivity contribution is -0.284. The van der Waals surface area contributed by atoms with Crippen molar-refractivity contribution < 1.29 is 30.4 Å².